The molecule has 7 heteroatoms. The molecule has 0 aliphatic rings. The minimum Gasteiger partial charge on any atom is -0.384 e. The molecule has 2 N–H and O–H groups in total. The van der Waals surface area contributed by atoms with Gasteiger partial charge in [0.1, 0.15) is 12.2 Å². The highest BCUT2D eigenvalue weighted by Crippen LogP contribution is 2.15. The predicted octanol–water partition coefficient (Wildman–Crippen LogP) is 3.51. The minimum absolute atomic E-state index is 0.0864. The summed E-state index contributed by atoms with van der Waals surface area (Å²) in [6, 6.07) is 12.5. The number of fused-ring (bicyclic) bond motifs is 1. The summed E-state index contributed by atoms with van der Waals surface area (Å²) in [7, 11) is 0. The van der Waals surface area contributed by atoms with Crippen LogP contribution in [0.15, 0.2) is 53.5 Å². The van der Waals surface area contributed by atoms with Crippen molar-refractivity contribution in [2.45, 2.75) is 20.4 Å². The van der Waals surface area contributed by atoms with Gasteiger partial charge in [0.05, 0.1) is 0 Å². The first-order valence-electron chi connectivity index (χ1n) is 11.0. The van der Waals surface area contributed by atoms with Crippen LogP contribution in [0.1, 0.15) is 35.3 Å². The SMILES string of the molecule is CCN(CC)CCN(Cc1ccc(Cl)cc1)C(=O)c1c[nH]c2ccc(C#CCO)cc2c1=O. The van der Waals surface area contributed by atoms with Crippen molar-refractivity contribution in [2.75, 3.05) is 32.8 Å². The van der Waals surface area contributed by atoms with E-state index in [0.717, 1.165) is 18.7 Å². The molecule has 0 spiro atoms. The molecule has 0 bridgehead atoms. The third-order valence-electron chi connectivity index (χ3n) is 5.58. The molecule has 0 saturated heterocycles. The van der Waals surface area contributed by atoms with Crippen LogP contribution in [0, 0.1) is 11.8 Å². The zero-order chi connectivity index (χ0) is 23.8. The molecule has 1 aromatic heterocycles. The second-order valence-electron chi connectivity index (χ2n) is 7.63. The predicted molar refractivity (Wildman–Crippen MR) is 133 cm³/mol. The Morgan fingerprint density at radius 2 is 1.82 bits per heavy atom. The van der Waals surface area contributed by atoms with Crippen molar-refractivity contribution in [3.63, 3.8) is 0 Å². The Bertz CT molecular complexity index is 1220. The van der Waals surface area contributed by atoms with Crippen molar-refractivity contribution < 1.29 is 9.90 Å². The average Bonchev–Trinajstić information content (AvgIpc) is 2.83. The van der Waals surface area contributed by atoms with E-state index in [0.29, 0.717) is 41.1 Å². The maximum atomic E-state index is 13.5. The standard InChI is InChI=1S/C26H28ClN3O3/c1-3-29(4-2)13-14-30(18-20-7-10-21(27)11-8-20)26(33)23-17-28-24-12-9-19(6-5-15-31)16-22(24)25(23)32/h7-12,16-17,31H,3-4,13-15,18H2,1-2H3,(H,28,32). The van der Waals surface area contributed by atoms with E-state index in [9.17, 15) is 9.59 Å². The van der Waals surface area contributed by atoms with Crippen LogP contribution in [-0.2, 0) is 6.54 Å². The van der Waals surface area contributed by atoms with Gasteiger partial charge in [-0.05, 0) is 49.0 Å². The van der Waals surface area contributed by atoms with Crippen molar-refractivity contribution in [3.05, 3.63) is 80.6 Å². The number of carbonyl (C=O) groups excluding carboxylic acids is 1. The minimum atomic E-state index is -0.342. The molecule has 0 saturated carbocycles. The van der Waals surface area contributed by atoms with Crippen LogP contribution in [0.25, 0.3) is 10.9 Å². The molecule has 0 aliphatic heterocycles. The number of aliphatic hydroxyl groups excluding tert-OH is 1. The summed E-state index contributed by atoms with van der Waals surface area (Å²) in [5, 5.41) is 9.95. The van der Waals surface area contributed by atoms with Crippen molar-refractivity contribution in [3.8, 4) is 11.8 Å². The van der Waals surface area contributed by atoms with Gasteiger partial charge in [0.2, 0.25) is 5.43 Å². The highest BCUT2D eigenvalue weighted by molar-refractivity contribution is 6.30. The highest BCUT2D eigenvalue weighted by Gasteiger charge is 2.21. The van der Waals surface area contributed by atoms with E-state index >= 15 is 0 Å². The molecule has 6 nitrogen and oxygen atoms in total. The Balaban J connectivity index is 1.96. The van der Waals surface area contributed by atoms with Gasteiger partial charge < -0.3 is 19.9 Å². The molecule has 0 atom stereocenters. The number of rotatable bonds is 8. The zero-order valence-corrected chi connectivity index (χ0v) is 19.7. The number of nitrogens with zero attached hydrogens (tertiary/aromatic N) is 2. The summed E-state index contributed by atoms with van der Waals surface area (Å²) in [4.78, 5) is 33.8. The summed E-state index contributed by atoms with van der Waals surface area (Å²) >= 11 is 6.01. The van der Waals surface area contributed by atoms with Crippen LogP contribution in [0.3, 0.4) is 0 Å². The summed E-state index contributed by atoms with van der Waals surface area (Å²) in [5.41, 5.74) is 1.91. The molecule has 172 valence electrons. The first kappa shape index (κ1) is 24.5. The van der Waals surface area contributed by atoms with Gasteiger partial charge in [-0.25, -0.2) is 0 Å². The number of hydrogen-bond donors (Lipinski definition) is 2. The molecular formula is C26H28ClN3O3. The third kappa shape index (κ3) is 6.23. The van der Waals surface area contributed by atoms with E-state index < -0.39 is 0 Å². The van der Waals surface area contributed by atoms with Crippen molar-refractivity contribution in [1.29, 1.82) is 0 Å². The molecule has 3 aromatic rings. The van der Waals surface area contributed by atoms with E-state index in [1.54, 1.807) is 35.2 Å². The van der Waals surface area contributed by atoms with Gasteiger partial charge in [0, 0.05) is 47.3 Å². The van der Waals surface area contributed by atoms with Gasteiger partial charge in [0.15, 0.2) is 0 Å². The quantitative estimate of drug-likeness (QED) is 0.499. The summed E-state index contributed by atoms with van der Waals surface area (Å²) < 4.78 is 0. The second kappa shape index (κ2) is 11.7. The molecule has 0 radical (unpaired) electrons. The van der Waals surface area contributed by atoms with Crippen molar-refractivity contribution in [1.82, 2.24) is 14.8 Å². The summed E-state index contributed by atoms with van der Waals surface area (Å²) in [6.07, 6.45) is 1.48. The van der Waals surface area contributed by atoms with Gasteiger partial charge in [-0.2, -0.15) is 0 Å². The number of aromatic nitrogens is 1. The molecular weight excluding hydrogens is 438 g/mol. The molecule has 0 fully saturated rings. The Labute approximate surface area is 198 Å². The maximum absolute atomic E-state index is 13.5. The normalized spacial score (nSPS) is 10.8. The van der Waals surface area contributed by atoms with E-state index in [2.05, 4.69) is 35.6 Å². The lowest BCUT2D eigenvalue weighted by Crippen LogP contribution is -2.40. The number of aliphatic hydroxyl groups is 1. The lowest BCUT2D eigenvalue weighted by atomic mass is 10.1. The number of likely N-dealkylation sites (N-methyl/N-ethyl adjacent to an activating group) is 1. The van der Waals surface area contributed by atoms with Crippen LogP contribution in [0.5, 0.6) is 0 Å². The molecule has 0 unspecified atom stereocenters. The monoisotopic (exact) mass is 465 g/mol. The van der Waals surface area contributed by atoms with Crippen LogP contribution in [0.2, 0.25) is 5.02 Å². The molecule has 0 aliphatic carbocycles. The Morgan fingerprint density at radius 1 is 1.09 bits per heavy atom. The molecule has 1 amide bonds. The summed E-state index contributed by atoms with van der Waals surface area (Å²) in [6.45, 7) is 7.24. The second-order valence-corrected chi connectivity index (χ2v) is 8.07. The maximum Gasteiger partial charge on any atom is 0.259 e. The smallest absolute Gasteiger partial charge is 0.259 e. The highest BCUT2D eigenvalue weighted by atomic mass is 35.5. The number of amides is 1. The fraction of sp³-hybridized carbons (Fsp3) is 0.308. The zero-order valence-electron chi connectivity index (χ0n) is 18.9. The van der Waals surface area contributed by atoms with Gasteiger partial charge >= 0.3 is 0 Å². The van der Waals surface area contributed by atoms with Crippen molar-refractivity contribution in [2.24, 2.45) is 0 Å². The number of carbonyl (C=O) groups is 1. The van der Waals surface area contributed by atoms with Crippen LogP contribution < -0.4 is 5.43 Å². The Morgan fingerprint density at radius 3 is 2.48 bits per heavy atom. The number of benzene rings is 2. The van der Waals surface area contributed by atoms with Crippen LogP contribution in [0.4, 0.5) is 0 Å². The molecule has 1 heterocycles. The Kier molecular flexibility index (Phi) is 8.67. The van der Waals surface area contributed by atoms with Crippen LogP contribution in [-0.4, -0.2) is 58.6 Å². The number of hydrogen-bond acceptors (Lipinski definition) is 4. The third-order valence-corrected chi connectivity index (χ3v) is 5.83. The first-order valence-corrected chi connectivity index (χ1v) is 11.4. The fourth-order valence-electron chi connectivity index (χ4n) is 3.63. The Hall–Kier alpha value is -3.11. The van der Waals surface area contributed by atoms with Gasteiger partial charge in [0.25, 0.3) is 5.91 Å². The van der Waals surface area contributed by atoms with Crippen LogP contribution >= 0.6 is 11.6 Å². The van der Waals surface area contributed by atoms with E-state index in [-0.39, 0.29) is 23.5 Å². The van der Waals surface area contributed by atoms with E-state index in [4.69, 9.17) is 16.7 Å². The van der Waals surface area contributed by atoms with E-state index in [1.807, 2.05) is 12.1 Å². The molecule has 33 heavy (non-hydrogen) atoms. The average molecular weight is 466 g/mol. The van der Waals surface area contributed by atoms with Crippen molar-refractivity contribution >= 4 is 28.4 Å². The van der Waals surface area contributed by atoms with Gasteiger partial charge in [-0.3, -0.25) is 9.59 Å². The van der Waals surface area contributed by atoms with Gasteiger partial charge in [-0.1, -0.05) is 49.4 Å². The lowest BCUT2D eigenvalue weighted by molar-refractivity contribution is 0.0722. The number of aromatic amines is 1. The molecule has 3 rings (SSSR count). The number of pyridine rings is 1. The van der Waals surface area contributed by atoms with E-state index in [1.165, 1.54) is 6.20 Å². The summed E-state index contributed by atoms with van der Waals surface area (Å²) in [5.74, 6) is 5.05. The number of H-pyrrole nitrogens is 1. The topological polar surface area (TPSA) is 76.6 Å². The first-order chi connectivity index (χ1) is 16.0. The number of nitrogens with one attached hydrogen (secondary N) is 1. The largest absolute Gasteiger partial charge is 0.384 e. The fourth-order valence-corrected chi connectivity index (χ4v) is 3.76. The number of halogens is 1. The lowest BCUT2D eigenvalue weighted by Gasteiger charge is -2.26. The molecule has 2 aromatic carbocycles. The van der Waals surface area contributed by atoms with Gasteiger partial charge in [-0.15, -0.1) is 0 Å².